The van der Waals surface area contributed by atoms with Crippen molar-refractivity contribution in [3.05, 3.63) is 108 Å². The summed E-state index contributed by atoms with van der Waals surface area (Å²) in [5.41, 5.74) is 3.98. The highest BCUT2D eigenvalue weighted by Crippen LogP contribution is 2.59. The Labute approximate surface area is 288 Å². The molecule has 2 aromatic carbocycles. The molecule has 254 valence electrons. The Morgan fingerprint density at radius 2 is 1.53 bits per heavy atom. The second-order valence-corrected chi connectivity index (χ2v) is 21.0. The van der Waals surface area contributed by atoms with E-state index >= 15 is 0 Å². The molecule has 7 atom stereocenters. The van der Waals surface area contributed by atoms with E-state index in [1.807, 2.05) is 0 Å². The van der Waals surface area contributed by atoms with Crippen molar-refractivity contribution in [2.24, 2.45) is 35.0 Å². The van der Waals surface area contributed by atoms with E-state index < -0.39 is 14.4 Å². The van der Waals surface area contributed by atoms with E-state index in [9.17, 15) is 5.11 Å². The van der Waals surface area contributed by atoms with Gasteiger partial charge in [-0.05, 0) is 100 Å². The van der Waals surface area contributed by atoms with Crippen LogP contribution in [-0.4, -0.2) is 25.6 Å². The molecule has 3 heteroatoms. The molecule has 0 saturated heterocycles. The number of aliphatic hydroxyl groups excluding tert-OH is 1. The molecule has 3 saturated carbocycles. The summed E-state index contributed by atoms with van der Waals surface area (Å²) in [7, 11) is -2.73. The highest BCUT2D eigenvalue weighted by atomic mass is 28.4. The molecule has 0 heterocycles. The molecule has 0 unspecified atom stereocenters. The SMILES string of the molecule is C=C1/C(=C/C=C2\CCC[C@]3(C)[C@@H]([C@H](C)/C=C/[C@H](C)C(C)C)CC[C@@H]23)C[C@@H](O[Si](c2ccccc2)(c2ccccc2)C(C)(C)C)C[C@H]1O. The Kier molecular flexibility index (Phi) is 11.1. The molecule has 0 radical (unpaired) electrons. The smallest absolute Gasteiger partial charge is 0.261 e. The molecule has 3 fully saturated rings. The van der Waals surface area contributed by atoms with Gasteiger partial charge >= 0.3 is 0 Å². The largest absolute Gasteiger partial charge is 0.404 e. The molecule has 1 N–H and O–H groups in total. The van der Waals surface area contributed by atoms with Crippen LogP contribution in [0.15, 0.2) is 108 Å². The van der Waals surface area contributed by atoms with Gasteiger partial charge in [0, 0.05) is 6.42 Å². The lowest BCUT2D eigenvalue weighted by Gasteiger charge is -2.46. The third-order valence-electron chi connectivity index (χ3n) is 12.4. The van der Waals surface area contributed by atoms with Crippen LogP contribution in [0.5, 0.6) is 0 Å². The van der Waals surface area contributed by atoms with Crippen molar-refractivity contribution in [1.29, 1.82) is 0 Å². The molecule has 2 nitrogen and oxygen atoms in total. The second kappa shape index (κ2) is 14.6. The summed E-state index contributed by atoms with van der Waals surface area (Å²) in [5, 5.41) is 13.8. The molecule has 0 spiro atoms. The molecule has 0 aliphatic heterocycles. The number of allylic oxidation sites excluding steroid dienone is 5. The Morgan fingerprint density at radius 3 is 2.11 bits per heavy atom. The maximum absolute atomic E-state index is 11.4. The molecule has 0 amide bonds. The summed E-state index contributed by atoms with van der Waals surface area (Å²) in [5.74, 6) is 3.29. The Hall–Kier alpha value is -2.46. The van der Waals surface area contributed by atoms with Gasteiger partial charge < -0.3 is 9.53 Å². The monoisotopic (exact) mass is 650 g/mol. The molecule has 3 aliphatic rings. The number of rotatable bonds is 9. The van der Waals surface area contributed by atoms with E-state index in [2.05, 4.69) is 147 Å². The van der Waals surface area contributed by atoms with Crippen LogP contribution < -0.4 is 10.4 Å². The molecule has 0 aromatic heterocycles. The number of hydrogen-bond acceptors (Lipinski definition) is 2. The second-order valence-electron chi connectivity index (χ2n) is 16.8. The maximum Gasteiger partial charge on any atom is 0.261 e. The fourth-order valence-electron chi connectivity index (χ4n) is 9.33. The Bertz CT molecular complexity index is 1410. The van der Waals surface area contributed by atoms with Gasteiger partial charge in [-0.2, -0.15) is 0 Å². The third-order valence-corrected chi connectivity index (χ3v) is 17.5. The minimum absolute atomic E-state index is 0.0835. The van der Waals surface area contributed by atoms with E-state index in [4.69, 9.17) is 4.43 Å². The van der Waals surface area contributed by atoms with E-state index in [0.29, 0.717) is 35.5 Å². The van der Waals surface area contributed by atoms with Crippen LogP contribution in [-0.2, 0) is 4.43 Å². The van der Waals surface area contributed by atoms with Crippen molar-refractivity contribution in [2.45, 2.75) is 118 Å². The Balaban J connectivity index is 1.42. The predicted octanol–water partition coefficient (Wildman–Crippen LogP) is 10.2. The maximum atomic E-state index is 11.4. The van der Waals surface area contributed by atoms with E-state index in [0.717, 1.165) is 23.5 Å². The summed E-state index contributed by atoms with van der Waals surface area (Å²) < 4.78 is 7.51. The van der Waals surface area contributed by atoms with Crippen LogP contribution in [0.2, 0.25) is 5.04 Å². The topological polar surface area (TPSA) is 29.5 Å². The Morgan fingerprint density at radius 1 is 0.915 bits per heavy atom. The van der Waals surface area contributed by atoms with Crippen molar-refractivity contribution in [1.82, 2.24) is 0 Å². The molecular weight excluding hydrogens is 589 g/mol. The lowest BCUT2D eigenvalue weighted by molar-refractivity contribution is 0.0953. The van der Waals surface area contributed by atoms with Crippen LogP contribution in [0.3, 0.4) is 0 Å². The van der Waals surface area contributed by atoms with Gasteiger partial charge in [-0.1, -0.05) is 153 Å². The molecule has 5 rings (SSSR count). The van der Waals surface area contributed by atoms with Crippen molar-refractivity contribution in [3.63, 3.8) is 0 Å². The average molecular weight is 651 g/mol. The van der Waals surface area contributed by atoms with Gasteiger partial charge in [-0.15, -0.1) is 0 Å². The quantitative estimate of drug-likeness (QED) is 0.216. The summed E-state index contributed by atoms with van der Waals surface area (Å²) in [6, 6.07) is 21.7. The zero-order valence-corrected chi connectivity index (χ0v) is 31.6. The molecule has 0 bridgehead atoms. The number of benzene rings is 2. The number of aliphatic hydroxyl groups is 1. The first-order valence-electron chi connectivity index (χ1n) is 18.5. The van der Waals surface area contributed by atoms with Crippen molar-refractivity contribution in [2.75, 3.05) is 0 Å². The third kappa shape index (κ3) is 7.29. The standard InChI is InChI=1S/C44H62O2Si/c1-31(2)32(3)22-23-33(4)40-26-27-41-35(17-16-28-44(40,41)9)24-25-36-29-37(30-42(45)34(36)5)46-47(43(6,7)8,38-18-12-10-13-19-38)39-20-14-11-15-21-39/h10-15,18-25,31-33,37,40-42,45H,5,16-17,26-30H2,1-4,6-9H3/b23-22+,35-24+,36-25+/t32-,33+,37+,40+,41-,42+,44+/m0/s1. The lowest BCUT2D eigenvalue weighted by atomic mass is 9.61. The van der Waals surface area contributed by atoms with Crippen LogP contribution >= 0.6 is 0 Å². The first-order valence-corrected chi connectivity index (χ1v) is 20.4. The molecular formula is C44H62O2Si. The zero-order chi connectivity index (χ0) is 34.0. The fraction of sp³-hybridized carbons (Fsp3) is 0.545. The normalized spacial score (nSPS) is 30.3. The van der Waals surface area contributed by atoms with Crippen LogP contribution in [0.4, 0.5) is 0 Å². The zero-order valence-electron chi connectivity index (χ0n) is 30.6. The highest BCUT2D eigenvalue weighted by molar-refractivity contribution is 6.99. The van der Waals surface area contributed by atoms with Crippen molar-refractivity contribution >= 4 is 18.7 Å². The van der Waals surface area contributed by atoms with E-state index in [1.165, 1.54) is 42.5 Å². The van der Waals surface area contributed by atoms with Gasteiger partial charge in [-0.25, -0.2) is 0 Å². The van der Waals surface area contributed by atoms with E-state index in [1.54, 1.807) is 5.57 Å². The van der Waals surface area contributed by atoms with Gasteiger partial charge in [0.1, 0.15) is 0 Å². The molecule has 47 heavy (non-hydrogen) atoms. The van der Waals surface area contributed by atoms with Gasteiger partial charge in [-0.3, -0.25) is 0 Å². The van der Waals surface area contributed by atoms with Crippen LogP contribution in [0.1, 0.15) is 100 Å². The number of fused-ring (bicyclic) bond motifs is 1. The summed E-state index contributed by atoms with van der Waals surface area (Å²) >= 11 is 0. The predicted molar refractivity (Wildman–Crippen MR) is 204 cm³/mol. The van der Waals surface area contributed by atoms with Crippen molar-refractivity contribution < 1.29 is 9.53 Å². The number of hydrogen-bond donors (Lipinski definition) is 1. The molecule has 3 aliphatic carbocycles. The van der Waals surface area contributed by atoms with Gasteiger partial charge in [0.15, 0.2) is 0 Å². The van der Waals surface area contributed by atoms with E-state index in [-0.39, 0.29) is 11.1 Å². The summed E-state index contributed by atoms with van der Waals surface area (Å²) in [6.07, 6.45) is 16.8. The minimum Gasteiger partial charge on any atom is -0.404 e. The highest BCUT2D eigenvalue weighted by Gasteiger charge is 2.52. The first kappa shape index (κ1) is 35.8. The summed E-state index contributed by atoms with van der Waals surface area (Å²) in [6.45, 7) is 23.4. The lowest BCUT2D eigenvalue weighted by Crippen LogP contribution is -2.68. The fourth-order valence-corrected chi connectivity index (χ4v) is 14.0. The summed E-state index contributed by atoms with van der Waals surface area (Å²) in [4.78, 5) is 0. The minimum atomic E-state index is -2.73. The average Bonchev–Trinajstić information content (AvgIpc) is 3.41. The van der Waals surface area contributed by atoms with Crippen LogP contribution in [0.25, 0.3) is 0 Å². The first-order chi connectivity index (χ1) is 22.3. The van der Waals surface area contributed by atoms with Gasteiger partial charge in [0.05, 0.1) is 12.2 Å². The molecule has 2 aromatic rings. The van der Waals surface area contributed by atoms with Crippen LogP contribution in [0, 0.1) is 35.0 Å². The van der Waals surface area contributed by atoms with Crippen molar-refractivity contribution in [3.8, 4) is 0 Å². The van der Waals surface area contributed by atoms with Gasteiger partial charge in [0.25, 0.3) is 8.32 Å². The van der Waals surface area contributed by atoms with Gasteiger partial charge in [0.2, 0.25) is 0 Å².